The van der Waals surface area contributed by atoms with Gasteiger partial charge in [0.25, 0.3) is 0 Å². The van der Waals surface area contributed by atoms with Gasteiger partial charge in [-0.1, -0.05) is 58.1 Å². The van der Waals surface area contributed by atoms with Crippen molar-refractivity contribution in [3.05, 3.63) is 29.8 Å². The minimum atomic E-state index is -0.0108. The lowest BCUT2D eigenvalue weighted by Crippen LogP contribution is -2.30. The smallest absolute Gasteiger partial charge is 0.314 e. The molecule has 0 spiro atoms. The van der Waals surface area contributed by atoms with Crippen LogP contribution in [0.25, 0.3) is 0 Å². The first-order valence-electron chi connectivity index (χ1n) is 11.5. The normalized spacial score (nSPS) is 28.7. The van der Waals surface area contributed by atoms with E-state index in [9.17, 15) is 4.79 Å². The Hall–Kier alpha value is -1.31. The van der Waals surface area contributed by atoms with Gasteiger partial charge in [-0.25, -0.2) is 0 Å². The van der Waals surface area contributed by atoms with Crippen LogP contribution in [0.5, 0.6) is 5.75 Å². The van der Waals surface area contributed by atoms with Gasteiger partial charge in [0.05, 0.1) is 5.92 Å². The summed E-state index contributed by atoms with van der Waals surface area (Å²) in [5.41, 5.74) is 1.31. The monoisotopic (exact) mass is 370 g/mol. The maximum absolute atomic E-state index is 12.6. The molecule has 27 heavy (non-hydrogen) atoms. The van der Waals surface area contributed by atoms with Gasteiger partial charge in [-0.3, -0.25) is 4.79 Å². The van der Waals surface area contributed by atoms with E-state index >= 15 is 0 Å². The van der Waals surface area contributed by atoms with Crippen molar-refractivity contribution in [3.8, 4) is 5.75 Å². The summed E-state index contributed by atoms with van der Waals surface area (Å²) in [7, 11) is 0. The Labute approximate surface area is 166 Å². The summed E-state index contributed by atoms with van der Waals surface area (Å²) in [6.45, 7) is 4.49. The zero-order valence-corrected chi connectivity index (χ0v) is 17.4. The van der Waals surface area contributed by atoms with Gasteiger partial charge in [-0.2, -0.15) is 0 Å². The Morgan fingerprint density at radius 2 is 1.44 bits per heavy atom. The highest BCUT2D eigenvalue weighted by Crippen LogP contribution is 2.42. The fourth-order valence-electron chi connectivity index (χ4n) is 5.40. The van der Waals surface area contributed by atoms with Crippen LogP contribution in [0.3, 0.4) is 0 Å². The molecular weight excluding hydrogens is 332 g/mol. The molecule has 0 saturated heterocycles. The molecule has 2 aliphatic carbocycles. The largest absolute Gasteiger partial charge is 0.426 e. The van der Waals surface area contributed by atoms with E-state index in [2.05, 4.69) is 26.0 Å². The lowest BCUT2D eigenvalue weighted by Gasteiger charge is -2.37. The van der Waals surface area contributed by atoms with Gasteiger partial charge < -0.3 is 4.74 Å². The van der Waals surface area contributed by atoms with E-state index < -0.39 is 0 Å². The molecule has 0 atom stereocenters. The fourth-order valence-corrected chi connectivity index (χ4v) is 5.40. The molecular formula is C25H38O2. The van der Waals surface area contributed by atoms with E-state index in [-0.39, 0.29) is 11.9 Å². The zero-order valence-electron chi connectivity index (χ0n) is 17.4. The van der Waals surface area contributed by atoms with Crippen molar-refractivity contribution >= 4 is 5.97 Å². The third kappa shape index (κ3) is 5.83. The third-order valence-corrected chi connectivity index (χ3v) is 7.04. The van der Waals surface area contributed by atoms with Gasteiger partial charge in [0, 0.05) is 0 Å². The van der Waals surface area contributed by atoms with Crippen LogP contribution in [0.4, 0.5) is 0 Å². The van der Waals surface area contributed by atoms with Gasteiger partial charge in [0.15, 0.2) is 0 Å². The average molecular weight is 371 g/mol. The highest BCUT2D eigenvalue weighted by atomic mass is 16.5. The second-order valence-electron chi connectivity index (χ2n) is 9.00. The molecule has 0 aliphatic heterocycles. The quantitative estimate of drug-likeness (QED) is 0.383. The molecule has 2 saturated carbocycles. The molecule has 0 N–H and O–H groups in total. The lowest BCUT2D eigenvalue weighted by molar-refractivity contribution is -0.140. The number of ether oxygens (including phenoxy) is 1. The van der Waals surface area contributed by atoms with Crippen LogP contribution in [0.2, 0.25) is 0 Å². The van der Waals surface area contributed by atoms with Gasteiger partial charge in [0.2, 0.25) is 0 Å². The summed E-state index contributed by atoms with van der Waals surface area (Å²) >= 11 is 0. The van der Waals surface area contributed by atoms with Crippen molar-refractivity contribution in [3.63, 3.8) is 0 Å². The van der Waals surface area contributed by atoms with Crippen molar-refractivity contribution in [1.82, 2.24) is 0 Å². The Kier molecular flexibility index (Phi) is 7.79. The topological polar surface area (TPSA) is 26.3 Å². The van der Waals surface area contributed by atoms with Crippen LogP contribution >= 0.6 is 0 Å². The number of aryl methyl sites for hydroxylation is 1. The first-order valence-corrected chi connectivity index (χ1v) is 11.5. The molecule has 2 aliphatic rings. The molecule has 1 aromatic rings. The summed E-state index contributed by atoms with van der Waals surface area (Å²) in [5, 5.41) is 0. The van der Waals surface area contributed by atoms with E-state index in [0.29, 0.717) is 5.75 Å². The molecule has 0 unspecified atom stereocenters. The van der Waals surface area contributed by atoms with Gasteiger partial charge >= 0.3 is 5.97 Å². The minimum Gasteiger partial charge on any atom is -0.426 e. The summed E-state index contributed by atoms with van der Waals surface area (Å²) in [6, 6.07) is 8.06. The second-order valence-corrected chi connectivity index (χ2v) is 9.00. The predicted octanol–water partition coefficient (Wildman–Crippen LogP) is 6.96. The molecule has 2 fully saturated rings. The van der Waals surface area contributed by atoms with Crippen molar-refractivity contribution in [2.45, 2.75) is 90.9 Å². The van der Waals surface area contributed by atoms with Crippen LogP contribution in [0.15, 0.2) is 24.3 Å². The maximum atomic E-state index is 12.6. The molecule has 3 rings (SSSR count). The first kappa shape index (κ1) is 20.4. The molecule has 2 heteroatoms. The van der Waals surface area contributed by atoms with Crippen molar-refractivity contribution < 1.29 is 9.53 Å². The van der Waals surface area contributed by atoms with E-state index in [0.717, 1.165) is 43.4 Å². The van der Waals surface area contributed by atoms with Crippen LogP contribution in [0, 0.1) is 23.7 Å². The Balaban J connectivity index is 1.41. The maximum Gasteiger partial charge on any atom is 0.314 e. The second kappa shape index (κ2) is 10.3. The fraction of sp³-hybridized carbons (Fsp3) is 0.720. The average Bonchev–Trinajstić information content (AvgIpc) is 2.71. The van der Waals surface area contributed by atoms with E-state index in [4.69, 9.17) is 4.74 Å². The number of rotatable bonds is 7. The van der Waals surface area contributed by atoms with Crippen LogP contribution in [-0.2, 0) is 11.2 Å². The first-order chi connectivity index (χ1) is 13.2. The SMILES string of the molecule is CCCc1ccc(OC(=O)[C@H]2CC[C@H]([C@H]3CC[C@H](CCC)CC3)CC2)cc1. The van der Waals surface area contributed by atoms with E-state index in [1.807, 2.05) is 12.1 Å². The summed E-state index contributed by atoms with van der Waals surface area (Å²) in [4.78, 5) is 12.6. The van der Waals surface area contributed by atoms with Crippen molar-refractivity contribution in [1.29, 1.82) is 0 Å². The highest BCUT2D eigenvalue weighted by Gasteiger charge is 2.33. The van der Waals surface area contributed by atoms with Crippen LogP contribution < -0.4 is 4.74 Å². The van der Waals surface area contributed by atoms with E-state index in [1.54, 1.807) is 0 Å². The van der Waals surface area contributed by atoms with Gasteiger partial charge in [-0.05, 0) is 80.4 Å². The molecule has 1 aromatic carbocycles. The van der Waals surface area contributed by atoms with Gasteiger partial charge in [0.1, 0.15) is 5.75 Å². The Bertz CT molecular complexity index is 560. The molecule has 0 bridgehead atoms. The molecule has 2 nitrogen and oxygen atoms in total. The molecule has 150 valence electrons. The lowest BCUT2D eigenvalue weighted by atomic mass is 9.69. The molecule has 0 heterocycles. The van der Waals surface area contributed by atoms with Crippen LogP contribution in [0.1, 0.15) is 90.0 Å². The predicted molar refractivity (Wildman–Crippen MR) is 112 cm³/mol. The van der Waals surface area contributed by atoms with Crippen molar-refractivity contribution in [2.24, 2.45) is 23.7 Å². The van der Waals surface area contributed by atoms with E-state index in [1.165, 1.54) is 56.9 Å². The Morgan fingerprint density at radius 3 is 2.00 bits per heavy atom. The standard InChI is InChI=1S/C25H38O2/c1-3-5-19-7-11-21(12-8-19)22-13-15-23(16-14-22)25(26)27-24-17-9-20(6-4-2)10-18-24/h9-10,17-19,21-23H,3-8,11-16H2,1-2H3/t19-,21-,22-,23-. The number of hydrogen-bond donors (Lipinski definition) is 0. The molecule has 0 aromatic heterocycles. The number of esters is 1. The van der Waals surface area contributed by atoms with Crippen LogP contribution in [-0.4, -0.2) is 5.97 Å². The number of benzene rings is 1. The Morgan fingerprint density at radius 1 is 0.852 bits per heavy atom. The molecule has 0 amide bonds. The number of carbonyl (C=O) groups is 1. The summed E-state index contributed by atoms with van der Waals surface area (Å²) in [6.07, 6.45) is 15.2. The highest BCUT2D eigenvalue weighted by molar-refractivity contribution is 5.75. The summed E-state index contributed by atoms with van der Waals surface area (Å²) in [5.74, 6) is 3.56. The van der Waals surface area contributed by atoms with Crippen molar-refractivity contribution in [2.75, 3.05) is 0 Å². The van der Waals surface area contributed by atoms with Gasteiger partial charge in [-0.15, -0.1) is 0 Å². The number of hydrogen-bond acceptors (Lipinski definition) is 2. The third-order valence-electron chi connectivity index (χ3n) is 7.04. The minimum absolute atomic E-state index is 0.0108. The summed E-state index contributed by atoms with van der Waals surface area (Å²) < 4.78 is 5.67. The molecule has 0 radical (unpaired) electrons. The number of carbonyl (C=O) groups excluding carboxylic acids is 1. The zero-order chi connectivity index (χ0) is 19.1.